The highest BCUT2D eigenvalue weighted by Gasteiger charge is 2.32. The van der Waals surface area contributed by atoms with Crippen LogP contribution in [0.25, 0.3) is 0 Å². The Morgan fingerprint density at radius 2 is 2.27 bits per heavy atom. The van der Waals surface area contributed by atoms with Crippen LogP contribution in [0.2, 0.25) is 0 Å². The summed E-state index contributed by atoms with van der Waals surface area (Å²) in [5, 5.41) is 8.26. The van der Waals surface area contributed by atoms with Crippen LogP contribution in [-0.2, 0) is 9.68 Å². The van der Waals surface area contributed by atoms with Crippen molar-refractivity contribution in [3.05, 3.63) is 0 Å². The molecule has 0 aliphatic heterocycles. The van der Waals surface area contributed by atoms with Gasteiger partial charge >= 0.3 is 0 Å². The Balaban J connectivity index is 3.99. The first-order valence-corrected chi connectivity index (χ1v) is 3.48. The lowest BCUT2D eigenvalue weighted by molar-refractivity contribution is -0.311. The summed E-state index contributed by atoms with van der Waals surface area (Å²) in [4.78, 5) is 14.4. The Morgan fingerprint density at radius 1 is 1.73 bits per heavy atom. The minimum Gasteiger partial charge on any atom is -0.366 e. The summed E-state index contributed by atoms with van der Waals surface area (Å²) in [5.41, 5.74) is 8.44. The van der Waals surface area contributed by atoms with Crippen molar-refractivity contribution in [2.75, 3.05) is 0 Å². The summed E-state index contributed by atoms with van der Waals surface area (Å²) in [6.45, 7) is 1.93. The number of amides is 1. The molecule has 1 atom stereocenters. The molecular weight excluding hydrogens is 148 g/mol. The standard InChI is InChI=1S/C6H14N2O3/c1-2-3-4-6(8,11-10)5(7)9/h10H,2-4,8H2,1H3,(H2,7,9). The molecular formula is C6H14N2O3. The molecule has 0 aliphatic carbocycles. The third-order valence-corrected chi connectivity index (χ3v) is 1.48. The Labute approximate surface area is 65.2 Å². The van der Waals surface area contributed by atoms with Crippen LogP contribution in [-0.4, -0.2) is 16.9 Å². The first-order valence-electron chi connectivity index (χ1n) is 3.48. The lowest BCUT2D eigenvalue weighted by Gasteiger charge is -2.20. The number of rotatable bonds is 5. The van der Waals surface area contributed by atoms with Gasteiger partial charge in [-0.05, 0) is 6.42 Å². The Morgan fingerprint density at radius 3 is 2.55 bits per heavy atom. The van der Waals surface area contributed by atoms with E-state index >= 15 is 0 Å². The summed E-state index contributed by atoms with van der Waals surface area (Å²) in [7, 11) is 0. The molecule has 0 aromatic rings. The largest absolute Gasteiger partial charge is 0.366 e. The van der Waals surface area contributed by atoms with Crippen molar-refractivity contribution in [1.29, 1.82) is 0 Å². The van der Waals surface area contributed by atoms with E-state index < -0.39 is 11.6 Å². The van der Waals surface area contributed by atoms with E-state index in [4.69, 9.17) is 16.7 Å². The normalized spacial score (nSPS) is 15.9. The van der Waals surface area contributed by atoms with E-state index in [1.807, 2.05) is 6.92 Å². The topological polar surface area (TPSA) is 98.6 Å². The van der Waals surface area contributed by atoms with Gasteiger partial charge in [-0.15, -0.1) is 0 Å². The second kappa shape index (κ2) is 4.27. The molecule has 0 spiro atoms. The fourth-order valence-corrected chi connectivity index (χ4v) is 0.653. The zero-order valence-corrected chi connectivity index (χ0v) is 6.54. The number of nitrogens with two attached hydrogens (primary N) is 2. The van der Waals surface area contributed by atoms with Crippen LogP contribution < -0.4 is 11.5 Å². The first-order chi connectivity index (χ1) is 5.06. The van der Waals surface area contributed by atoms with Gasteiger partial charge < -0.3 is 5.73 Å². The van der Waals surface area contributed by atoms with Gasteiger partial charge in [-0.1, -0.05) is 13.3 Å². The van der Waals surface area contributed by atoms with Gasteiger partial charge in [-0.25, -0.2) is 10.1 Å². The minimum absolute atomic E-state index is 0.231. The molecule has 0 bridgehead atoms. The number of hydrogen-bond donors (Lipinski definition) is 3. The number of carbonyl (C=O) groups excluding carboxylic acids is 1. The second-order valence-electron chi connectivity index (χ2n) is 2.45. The van der Waals surface area contributed by atoms with Gasteiger partial charge in [0.05, 0.1) is 0 Å². The average molecular weight is 162 g/mol. The van der Waals surface area contributed by atoms with Crippen molar-refractivity contribution in [2.24, 2.45) is 11.5 Å². The Hall–Kier alpha value is -0.650. The van der Waals surface area contributed by atoms with Crippen molar-refractivity contribution >= 4 is 5.91 Å². The molecule has 0 radical (unpaired) electrons. The van der Waals surface area contributed by atoms with Gasteiger partial charge in [0, 0.05) is 6.42 Å². The van der Waals surface area contributed by atoms with Gasteiger partial charge in [0.2, 0.25) is 5.72 Å². The molecule has 11 heavy (non-hydrogen) atoms. The van der Waals surface area contributed by atoms with Crippen LogP contribution in [0.15, 0.2) is 0 Å². The van der Waals surface area contributed by atoms with Crippen molar-refractivity contribution in [2.45, 2.75) is 31.9 Å². The van der Waals surface area contributed by atoms with E-state index in [-0.39, 0.29) is 6.42 Å². The molecule has 0 heterocycles. The molecule has 0 saturated heterocycles. The van der Waals surface area contributed by atoms with Gasteiger partial charge in [0.25, 0.3) is 5.91 Å². The lowest BCUT2D eigenvalue weighted by Crippen LogP contribution is -2.53. The van der Waals surface area contributed by atoms with E-state index in [1.165, 1.54) is 0 Å². The fraction of sp³-hybridized carbons (Fsp3) is 0.833. The zero-order valence-electron chi connectivity index (χ0n) is 6.54. The highest BCUT2D eigenvalue weighted by atomic mass is 17.1. The fourth-order valence-electron chi connectivity index (χ4n) is 0.653. The van der Waals surface area contributed by atoms with Crippen LogP contribution in [0, 0.1) is 0 Å². The molecule has 1 unspecified atom stereocenters. The molecule has 0 aliphatic rings. The molecule has 0 saturated carbocycles. The SMILES string of the molecule is CCCCC(N)(OO)C(N)=O. The predicted molar refractivity (Wildman–Crippen MR) is 39.4 cm³/mol. The summed E-state index contributed by atoms with van der Waals surface area (Å²) < 4.78 is 0. The van der Waals surface area contributed by atoms with E-state index in [2.05, 4.69) is 4.89 Å². The van der Waals surface area contributed by atoms with Gasteiger partial charge in [0.15, 0.2) is 0 Å². The maximum Gasteiger partial charge on any atom is 0.267 e. The molecule has 0 fully saturated rings. The van der Waals surface area contributed by atoms with Gasteiger partial charge in [-0.2, -0.15) is 0 Å². The van der Waals surface area contributed by atoms with Crippen molar-refractivity contribution in [3.8, 4) is 0 Å². The predicted octanol–water partition coefficient (Wildman–Crippen LogP) is -0.193. The van der Waals surface area contributed by atoms with Crippen LogP contribution in [0.3, 0.4) is 0 Å². The van der Waals surface area contributed by atoms with Crippen LogP contribution in [0.5, 0.6) is 0 Å². The number of unbranched alkanes of at least 4 members (excludes halogenated alkanes) is 1. The van der Waals surface area contributed by atoms with Crippen molar-refractivity contribution in [1.82, 2.24) is 0 Å². The third-order valence-electron chi connectivity index (χ3n) is 1.48. The van der Waals surface area contributed by atoms with Crippen LogP contribution in [0.4, 0.5) is 0 Å². The number of hydrogen-bond acceptors (Lipinski definition) is 4. The van der Waals surface area contributed by atoms with E-state index in [0.717, 1.165) is 6.42 Å². The quantitative estimate of drug-likeness (QED) is 0.296. The highest BCUT2D eigenvalue weighted by molar-refractivity contribution is 5.82. The molecule has 66 valence electrons. The maximum atomic E-state index is 10.6. The monoisotopic (exact) mass is 162 g/mol. The Kier molecular flexibility index (Phi) is 4.02. The summed E-state index contributed by atoms with van der Waals surface area (Å²) in [5.74, 6) is -0.853. The summed E-state index contributed by atoms with van der Waals surface area (Å²) in [6, 6.07) is 0. The highest BCUT2D eigenvalue weighted by Crippen LogP contribution is 2.10. The summed E-state index contributed by atoms with van der Waals surface area (Å²) >= 11 is 0. The maximum absolute atomic E-state index is 10.6. The molecule has 5 heteroatoms. The molecule has 0 aromatic heterocycles. The minimum atomic E-state index is -1.71. The molecule has 0 rings (SSSR count). The van der Waals surface area contributed by atoms with E-state index in [0.29, 0.717) is 6.42 Å². The van der Waals surface area contributed by atoms with Gasteiger partial charge in [0.1, 0.15) is 0 Å². The van der Waals surface area contributed by atoms with Crippen LogP contribution >= 0.6 is 0 Å². The average Bonchev–Trinajstić information content (AvgIpc) is 2.00. The van der Waals surface area contributed by atoms with E-state index in [1.54, 1.807) is 0 Å². The molecule has 1 amide bonds. The van der Waals surface area contributed by atoms with Crippen molar-refractivity contribution in [3.63, 3.8) is 0 Å². The number of primary amides is 1. The summed E-state index contributed by atoms with van der Waals surface area (Å²) in [6.07, 6.45) is 1.77. The molecule has 5 N–H and O–H groups in total. The van der Waals surface area contributed by atoms with Crippen LogP contribution in [0.1, 0.15) is 26.2 Å². The molecule has 0 aromatic carbocycles. The van der Waals surface area contributed by atoms with E-state index in [9.17, 15) is 4.79 Å². The van der Waals surface area contributed by atoms with Crippen molar-refractivity contribution < 1.29 is 14.9 Å². The second-order valence-corrected chi connectivity index (χ2v) is 2.45. The van der Waals surface area contributed by atoms with Gasteiger partial charge in [-0.3, -0.25) is 10.5 Å². The Bertz CT molecular complexity index is 140. The smallest absolute Gasteiger partial charge is 0.267 e. The molecule has 5 nitrogen and oxygen atoms in total. The third kappa shape index (κ3) is 2.83. The first kappa shape index (κ1) is 10.3. The number of carbonyl (C=O) groups is 1. The zero-order chi connectivity index (χ0) is 8.91. The lowest BCUT2D eigenvalue weighted by atomic mass is 10.1.